The zero-order chi connectivity index (χ0) is 12.5. The van der Waals surface area contributed by atoms with Gasteiger partial charge in [0, 0.05) is 7.39 Å². The molecule has 4 heteroatoms. The third-order valence-corrected chi connectivity index (χ3v) is 2.61. The lowest BCUT2D eigenvalue weighted by molar-refractivity contribution is 0.171. The van der Waals surface area contributed by atoms with Crippen molar-refractivity contribution >= 4 is 0 Å². The molecule has 0 aromatic heterocycles. The van der Waals surface area contributed by atoms with Crippen LogP contribution < -0.4 is 19.5 Å². The van der Waals surface area contributed by atoms with Crippen molar-refractivity contribution in [1.82, 2.24) is 5.32 Å². The topological polar surface area (TPSA) is 39.7 Å². The van der Waals surface area contributed by atoms with Crippen LogP contribution in [0.25, 0.3) is 0 Å². The van der Waals surface area contributed by atoms with Crippen LogP contribution in [-0.4, -0.2) is 27.0 Å². The minimum absolute atomic E-state index is 0.222. The van der Waals surface area contributed by atoms with Crippen LogP contribution in [0, 0.1) is 0 Å². The fourth-order valence-corrected chi connectivity index (χ4v) is 1.68. The van der Waals surface area contributed by atoms with E-state index in [9.17, 15) is 0 Å². The molecule has 0 radical (unpaired) electrons. The van der Waals surface area contributed by atoms with Crippen molar-refractivity contribution in [2.24, 2.45) is 0 Å². The van der Waals surface area contributed by atoms with Gasteiger partial charge >= 0.3 is 0 Å². The minimum Gasteiger partial charge on any atom is -0.493 e. The number of ether oxygens (including phenoxy) is 3. The van der Waals surface area contributed by atoms with Crippen molar-refractivity contribution in [3.63, 3.8) is 0 Å². The van der Waals surface area contributed by atoms with Crippen molar-refractivity contribution in [2.45, 2.75) is 19.4 Å². The number of nitrogens with one attached hydrogen (secondary N) is 1. The van der Waals surface area contributed by atoms with Crippen molar-refractivity contribution in [3.05, 3.63) is 17.7 Å². The Morgan fingerprint density at radius 3 is 3.06 bits per heavy atom. The van der Waals surface area contributed by atoms with E-state index in [1.54, 1.807) is 14.2 Å². The molecule has 1 N–H and O–H groups in total. The molecule has 1 aliphatic rings. The molecule has 0 saturated carbocycles. The maximum absolute atomic E-state index is 8.01. The molecule has 1 heterocycles. The highest BCUT2D eigenvalue weighted by molar-refractivity contribution is 5.55. The van der Waals surface area contributed by atoms with Crippen LogP contribution in [-0.2, 0) is 6.42 Å². The van der Waals surface area contributed by atoms with Crippen LogP contribution in [0.4, 0.5) is 0 Å². The Morgan fingerprint density at radius 2 is 2.38 bits per heavy atom. The summed E-state index contributed by atoms with van der Waals surface area (Å²) in [5.41, 5.74) is 0.984. The lowest BCUT2D eigenvalue weighted by Crippen LogP contribution is -2.23. The summed E-state index contributed by atoms with van der Waals surface area (Å²) < 4.78 is 23.9. The fraction of sp³-hybridized carbons (Fsp3) is 0.500. The van der Waals surface area contributed by atoms with Crippen LogP contribution in [0.1, 0.15) is 13.9 Å². The van der Waals surface area contributed by atoms with Gasteiger partial charge in [-0.2, -0.15) is 0 Å². The maximum Gasteiger partial charge on any atom is 0.231 e. The van der Waals surface area contributed by atoms with Crippen LogP contribution in [0.3, 0.4) is 0 Å². The molecule has 0 fully saturated rings. The maximum atomic E-state index is 8.01. The molecule has 4 nitrogen and oxygen atoms in total. The highest BCUT2D eigenvalue weighted by Gasteiger charge is 2.20. The smallest absolute Gasteiger partial charge is 0.231 e. The highest BCUT2D eigenvalue weighted by atomic mass is 16.7. The molecule has 1 aliphatic heterocycles. The summed E-state index contributed by atoms with van der Waals surface area (Å²) in [6.45, 7) is 2.05. The number of rotatable bonds is 4. The van der Waals surface area contributed by atoms with E-state index in [1.165, 1.54) is 0 Å². The molecule has 1 aromatic carbocycles. The van der Waals surface area contributed by atoms with Gasteiger partial charge in [-0.05, 0) is 38.1 Å². The number of likely N-dealkylation sites (N-methyl/N-ethyl adjacent to an activating group) is 1. The average Bonchev–Trinajstić information content (AvgIpc) is 2.75. The summed E-state index contributed by atoms with van der Waals surface area (Å²) >= 11 is 0. The first kappa shape index (κ1) is 9.78. The molecule has 88 valence electrons. The normalized spacial score (nSPS) is 17.8. The van der Waals surface area contributed by atoms with Gasteiger partial charge in [-0.3, -0.25) is 0 Å². The summed E-state index contributed by atoms with van der Waals surface area (Å²) in [4.78, 5) is 0. The Hall–Kier alpha value is -1.42. The molecule has 0 amide bonds. The van der Waals surface area contributed by atoms with Crippen molar-refractivity contribution in [1.29, 1.82) is 0 Å². The van der Waals surface area contributed by atoms with Gasteiger partial charge in [0.25, 0.3) is 0 Å². The number of hydrogen-bond acceptors (Lipinski definition) is 4. The van der Waals surface area contributed by atoms with Gasteiger partial charge in [-0.25, -0.2) is 0 Å². The molecule has 16 heavy (non-hydrogen) atoms. The zero-order valence-corrected chi connectivity index (χ0v) is 9.79. The van der Waals surface area contributed by atoms with Crippen LogP contribution >= 0.6 is 0 Å². The number of benzene rings is 1. The Labute approximate surface area is 96.9 Å². The predicted octanol–water partition coefficient (Wildman–Crippen LogP) is 1.57. The van der Waals surface area contributed by atoms with Crippen molar-refractivity contribution in [3.8, 4) is 17.2 Å². The summed E-state index contributed by atoms with van der Waals surface area (Å²) in [6, 6.07) is 3.07. The second kappa shape index (κ2) is 4.61. The number of hydrogen-bond donors (Lipinski definition) is 1. The quantitative estimate of drug-likeness (QED) is 0.842. The molecule has 2 rings (SSSR count). The monoisotopic (exact) mass is 224 g/mol. The summed E-state index contributed by atoms with van der Waals surface area (Å²) in [5, 5.41) is 2.95. The van der Waals surface area contributed by atoms with Gasteiger partial charge in [0.1, 0.15) is 0 Å². The predicted molar refractivity (Wildman–Crippen MR) is 61.3 cm³/mol. The van der Waals surface area contributed by atoms with E-state index in [-0.39, 0.29) is 6.79 Å². The largest absolute Gasteiger partial charge is 0.493 e. The van der Waals surface area contributed by atoms with E-state index in [2.05, 4.69) is 5.32 Å². The molecule has 1 unspecified atom stereocenters. The van der Waals surface area contributed by atoms with Crippen molar-refractivity contribution in [2.75, 3.05) is 21.0 Å². The summed E-state index contributed by atoms with van der Waals surface area (Å²) in [5.74, 6) is 1.99. The second-order valence-corrected chi connectivity index (χ2v) is 3.74. The average molecular weight is 224 g/mol. The van der Waals surface area contributed by atoms with E-state index in [1.807, 2.05) is 19.1 Å². The van der Waals surface area contributed by atoms with Gasteiger partial charge < -0.3 is 19.5 Å². The van der Waals surface area contributed by atoms with Crippen LogP contribution in [0.2, 0.25) is 0 Å². The SMILES string of the molecule is [2H]C(C)(Cc1cc(OC)c2c(c1)OCO2)NC. The lowest BCUT2D eigenvalue weighted by atomic mass is 10.1. The van der Waals surface area contributed by atoms with Gasteiger partial charge in [-0.1, -0.05) is 0 Å². The lowest BCUT2D eigenvalue weighted by Gasteiger charge is -2.12. The Bertz CT molecular complexity index is 420. The van der Waals surface area contributed by atoms with Gasteiger partial charge in [0.2, 0.25) is 12.5 Å². The summed E-state index contributed by atoms with van der Waals surface area (Å²) in [7, 11) is 3.37. The van der Waals surface area contributed by atoms with E-state index < -0.39 is 6.02 Å². The number of fused-ring (bicyclic) bond motifs is 1. The number of methoxy groups -OCH3 is 1. The second-order valence-electron chi connectivity index (χ2n) is 3.74. The highest BCUT2D eigenvalue weighted by Crippen LogP contribution is 2.41. The molecule has 0 bridgehead atoms. The van der Waals surface area contributed by atoms with E-state index >= 15 is 0 Å². The Morgan fingerprint density at radius 1 is 1.56 bits per heavy atom. The Balaban J connectivity index is 2.31. The van der Waals surface area contributed by atoms with E-state index in [4.69, 9.17) is 15.6 Å². The standard InChI is InChI=1S/C12H17NO3/c1-8(13-2)4-9-5-10(14-3)12-11(6-9)15-7-16-12/h5-6,8,13H,4,7H2,1-3H3/i8D. The summed E-state index contributed by atoms with van der Waals surface area (Å²) in [6.07, 6.45) is 0.566. The van der Waals surface area contributed by atoms with E-state index in [0.29, 0.717) is 23.7 Å². The van der Waals surface area contributed by atoms with Crippen LogP contribution in [0.5, 0.6) is 17.2 Å². The molecule has 1 aromatic rings. The molecule has 0 saturated heterocycles. The molecule has 0 spiro atoms. The third-order valence-electron chi connectivity index (χ3n) is 2.61. The molecular weight excluding hydrogens is 206 g/mol. The van der Waals surface area contributed by atoms with Gasteiger partial charge in [0.05, 0.1) is 7.11 Å². The van der Waals surface area contributed by atoms with Crippen molar-refractivity contribution < 1.29 is 15.6 Å². The van der Waals surface area contributed by atoms with E-state index in [0.717, 1.165) is 5.56 Å². The molecular formula is C12H17NO3. The minimum atomic E-state index is -0.710. The first-order valence-electron chi connectivity index (χ1n) is 5.71. The fourth-order valence-electron chi connectivity index (χ4n) is 1.68. The Kier molecular flexibility index (Phi) is 2.82. The zero-order valence-electron chi connectivity index (χ0n) is 10.8. The molecule has 0 aliphatic carbocycles. The van der Waals surface area contributed by atoms with Crippen LogP contribution in [0.15, 0.2) is 12.1 Å². The first-order chi connectivity index (χ1) is 8.05. The molecule has 1 atom stereocenters. The van der Waals surface area contributed by atoms with Gasteiger partial charge in [-0.15, -0.1) is 0 Å². The third kappa shape index (κ3) is 2.07. The van der Waals surface area contributed by atoms with Gasteiger partial charge in [0.15, 0.2) is 11.5 Å². The first-order valence-corrected chi connectivity index (χ1v) is 5.21.